The third-order valence-corrected chi connectivity index (χ3v) is 3.99. The van der Waals surface area contributed by atoms with Crippen LogP contribution < -0.4 is 20.3 Å². The molecule has 0 radical (unpaired) electrons. The molecule has 0 aliphatic carbocycles. The van der Waals surface area contributed by atoms with Gasteiger partial charge in [-0.2, -0.15) is 5.10 Å². The summed E-state index contributed by atoms with van der Waals surface area (Å²) in [6.07, 6.45) is 0. The Morgan fingerprint density at radius 1 is 1.00 bits per heavy atom. The Balaban J connectivity index is 1.72. The number of ether oxygens (including phenoxy) is 2. The van der Waals surface area contributed by atoms with Crippen LogP contribution in [0.15, 0.2) is 65.5 Å². The fourth-order valence-corrected chi connectivity index (χ4v) is 2.62. The fraction of sp³-hybridized carbons (Fsp3) is 0.190. The van der Waals surface area contributed by atoms with Crippen molar-refractivity contribution in [2.75, 3.05) is 19.0 Å². The van der Waals surface area contributed by atoms with E-state index in [0.717, 1.165) is 21.7 Å². The fourth-order valence-electron chi connectivity index (χ4n) is 2.62. The Labute approximate surface area is 162 Å². The topological polar surface area (TPSA) is 82.4 Å². The number of carbonyl (C=O) groups excluding carboxylic acids is 1. The molecule has 0 unspecified atom stereocenters. The highest BCUT2D eigenvalue weighted by atomic mass is 16.5. The molecule has 0 spiro atoms. The van der Waals surface area contributed by atoms with Crippen molar-refractivity contribution < 1.29 is 14.3 Å². The van der Waals surface area contributed by atoms with Crippen molar-refractivity contribution in [3.05, 3.63) is 71.0 Å². The van der Waals surface area contributed by atoms with E-state index in [0.29, 0.717) is 18.0 Å². The van der Waals surface area contributed by atoms with Gasteiger partial charge in [0.15, 0.2) is 0 Å². The lowest BCUT2D eigenvalue weighted by atomic mass is 10.1. The van der Waals surface area contributed by atoms with Gasteiger partial charge < -0.3 is 14.8 Å². The van der Waals surface area contributed by atoms with E-state index in [4.69, 9.17) is 9.47 Å². The van der Waals surface area contributed by atoms with Crippen molar-refractivity contribution >= 4 is 11.6 Å². The maximum absolute atomic E-state index is 12.3. The molecule has 0 fully saturated rings. The van der Waals surface area contributed by atoms with Gasteiger partial charge in [0.1, 0.15) is 18.0 Å². The van der Waals surface area contributed by atoms with Gasteiger partial charge >= 0.3 is 0 Å². The van der Waals surface area contributed by atoms with Crippen molar-refractivity contribution in [2.45, 2.75) is 13.5 Å². The second-order valence-corrected chi connectivity index (χ2v) is 5.95. The highest BCUT2D eigenvalue weighted by Crippen LogP contribution is 2.19. The van der Waals surface area contributed by atoms with E-state index < -0.39 is 0 Å². The molecule has 0 bridgehead atoms. The first kappa shape index (κ1) is 19.2. The zero-order valence-corrected chi connectivity index (χ0v) is 15.7. The maximum Gasteiger partial charge on any atom is 0.267 e. The Morgan fingerprint density at radius 2 is 1.68 bits per heavy atom. The number of anilines is 1. The first-order valence-electron chi connectivity index (χ1n) is 8.84. The molecule has 1 N–H and O–H groups in total. The van der Waals surface area contributed by atoms with E-state index in [9.17, 15) is 9.59 Å². The van der Waals surface area contributed by atoms with E-state index >= 15 is 0 Å². The summed E-state index contributed by atoms with van der Waals surface area (Å²) in [6, 6.07) is 17.4. The minimum Gasteiger partial charge on any atom is -0.497 e. The SMILES string of the molecule is CCOc1ccc(NC(=O)Cn2nc(-c3ccc(OC)cc3)ccc2=O)cc1. The van der Waals surface area contributed by atoms with E-state index in [1.807, 2.05) is 31.2 Å². The van der Waals surface area contributed by atoms with Crippen LogP contribution in [0, 0.1) is 0 Å². The zero-order chi connectivity index (χ0) is 19.9. The van der Waals surface area contributed by atoms with Crippen molar-refractivity contribution in [3.63, 3.8) is 0 Å². The molecule has 0 saturated heterocycles. The van der Waals surface area contributed by atoms with Crippen LogP contribution in [0.25, 0.3) is 11.3 Å². The van der Waals surface area contributed by atoms with Gasteiger partial charge in [-0.15, -0.1) is 0 Å². The van der Waals surface area contributed by atoms with Crippen molar-refractivity contribution in [1.82, 2.24) is 9.78 Å². The first-order chi connectivity index (χ1) is 13.6. The van der Waals surface area contributed by atoms with Crippen LogP contribution >= 0.6 is 0 Å². The van der Waals surface area contributed by atoms with E-state index in [1.54, 1.807) is 37.4 Å². The molecule has 144 valence electrons. The molecular weight excluding hydrogens is 358 g/mol. The van der Waals surface area contributed by atoms with Crippen LogP contribution in [-0.2, 0) is 11.3 Å². The van der Waals surface area contributed by atoms with Crippen LogP contribution in [0.3, 0.4) is 0 Å². The Morgan fingerprint density at radius 3 is 2.32 bits per heavy atom. The van der Waals surface area contributed by atoms with Crippen molar-refractivity contribution in [2.24, 2.45) is 0 Å². The first-order valence-corrected chi connectivity index (χ1v) is 8.84. The number of nitrogens with zero attached hydrogens (tertiary/aromatic N) is 2. The molecular formula is C21H21N3O4. The van der Waals surface area contributed by atoms with Gasteiger partial charge in [-0.05, 0) is 61.5 Å². The molecule has 3 aromatic rings. The van der Waals surface area contributed by atoms with Crippen LogP contribution in [0.4, 0.5) is 5.69 Å². The molecule has 1 amide bonds. The number of carbonyl (C=O) groups is 1. The molecule has 0 atom stereocenters. The number of benzene rings is 2. The van der Waals surface area contributed by atoms with Gasteiger partial charge in [-0.25, -0.2) is 4.68 Å². The Kier molecular flexibility index (Phi) is 6.06. The molecule has 2 aromatic carbocycles. The number of rotatable bonds is 7. The molecule has 0 aliphatic heterocycles. The lowest BCUT2D eigenvalue weighted by molar-refractivity contribution is -0.117. The number of methoxy groups -OCH3 is 1. The van der Waals surface area contributed by atoms with E-state index in [1.165, 1.54) is 6.07 Å². The molecule has 1 heterocycles. The maximum atomic E-state index is 12.3. The van der Waals surface area contributed by atoms with Crippen molar-refractivity contribution in [1.29, 1.82) is 0 Å². The largest absolute Gasteiger partial charge is 0.497 e. The predicted octanol–water partition coefficient (Wildman–Crippen LogP) is 2.96. The minimum absolute atomic E-state index is 0.184. The van der Waals surface area contributed by atoms with E-state index in [2.05, 4.69) is 10.4 Å². The summed E-state index contributed by atoms with van der Waals surface area (Å²) in [5.74, 6) is 1.11. The Bertz CT molecular complexity index is 995. The summed E-state index contributed by atoms with van der Waals surface area (Å²) >= 11 is 0. The lowest BCUT2D eigenvalue weighted by Crippen LogP contribution is -2.29. The number of aromatic nitrogens is 2. The standard InChI is InChI=1S/C21H21N3O4/c1-3-28-18-10-6-16(7-11-18)22-20(25)14-24-21(26)13-12-19(23-24)15-4-8-17(27-2)9-5-15/h4-13H,3,14H2,1-2H3,(H,22,25). The second-order valence-electron chi connectivity index (χ2n) is 5.95. The molecule has 0 aliphatic rings. The summed E-state index contributed by atoms with van der Waals surface area (Å²) in [6.45, 7) is 2.29. The van der Waals surface area contributed by atoms with Crippen LogP contribution in [-0.4, -0.2) is 29.4 Å². The average molecular weight is 379 g/mol. The third-order valence-electron chi connectivity index (χ3n) is 3.99. The number of hydrogen-bond donors (Lipinski definition) is 1. The summed E-state index contributed by atoms with van der Waals surface area (Å²) in [5.41, 5.74) is 1.68. The normalized spacial score (nSPS) is 10.4. The summed E-state index contributed by atoms with van der Waals surface area (Å²) in [4.78, 5) is 24.4. The zero-order valence-electron chi connectivity index (χ0n) is 15.7. The molecule has 28 heavy (non-hydrogen) atoms. The van der Waals surface area contributed by atoms with E-state index in [-0.39, 0.29) is 18.0 Å². The van der Waals surface area contributed by atoms with Gasteiger partial charge in [0.2, 0.25) is 5.91 Å². The monoisotopic (exact) mass is 379 g/mol. The highest BCUT2D eigenvalue weighted by molar-refractivity contribution is 5.90. The van der Waals surface area contributed by atoms with Crippen molar-refractivity contribution in [3.8, 4) is 22.8 Å². The van der Waals surface area contributed by atoms with Gasteiger partial charge in [-0.3, -0.25) is 9.59 Å². The molecule has 3 rings (SSSR count). The van der Waals surface area contributed by atoms with Crippen LogP contribution in [0.5, 0.6) is 11.5 Å². The van der Waals surface area contributed by atoms with Crippen LogP contribution in [0.1, 0.15) is 6.92 Å². The Hall–Kier alpha value is -3.61. The lowest BCUT2D eigenvalue weighted by Gasteiger charge is -2.09. The summed E-state index contributed by atoms with van der Waals surface area (Å²) in [7, 11) is 1.59. The van der Waals surface area contributed by atoms with Crippen LogP contribution in [0.2, 0.25) is 0 Å². The number of hydrogen-bond acceptors (Lipinski definition) is 5. The molecule has 0 saturated carbocycles. The molecule has 1 aromatic heterocycles. The van der Waals surface area contributed by atoms with Gasteiger partial charge in [0.05, 0.1) is 19.4 Å². The average Bonchev–Trinajstić information content (AvgIpc) is 2.71. The molecule has 7 nitrogen and oxygen atoms in total. The number of nitrogens with one attached hydrogen (secondary N) is 1. The highest BCUT2D eigenvalue weighted by Gasteiger charge is 2.09. The van der Waals surface area contributed by atoms with Gasteiger partial charge in [-0.1, -0.05) is 0 Å². The molecule has 7 heteroatoms. The van der Waals surface area contributed by atoms with Gasteiger partial charge in [0.25, 0.3) is 5.56 Å². The summed E-state index contributed by atoms with van der Waals surface area (Å²) < 4.78 is 11.7. The smallest absolute Gasteiger partial charge is 0.267 e. The number of amides is 1. The second kappa shape index (κ2) is 8.85. The summed E-state index contributed by atoms with van der Waals surface area (Å²) in [5, 5.41) is 7.05. The van der Waals surface area contributed by atoms with Gasteiger partial charge in [0, 0.05) is 17.3 Å². The quantitative estimate of drug-likeness (QED) is 0.682. The predicted molar refractivity (Wildman–Crippen MR) is 107 cm³/mol. The third kappa shape index (κ3) is 4.76. The minimum atomic E-state index is -0.348.